The quantitative estimate of drug-likeness (QED) is 0.548. The second-order valence-corrected chi connectivity index (χ2v) is 5.16. The molecule has 17 heavy (non-hydrogen) atoms. The first kappa shape index (κ1) is 17.4. The Hall–Kier alpha value is 0.360. The Morgan fingerprint density at radius 2 is 1.47 bits per heavy atom. The van der Waals surface area contributed by atoms with Crippen LogP contribution >= 0.6 is 15.9 Å². The number of nitrogens with zero attached hydrogens (tertiary/aromatic N) is 1. The van der Waals surface area contributed by atoms with E-state index in [1.54, 1.807) is 14.2 Å². The maximum absolute atomic E-state index is 5.17. The molecule has 3 nitrogen and oxygen atoms in total. The van der Waals surface area contributed by atoms with Gasteiger partial charge in [0.05, 0.1) is 13.2 Å². The standard InChI is InChI=1S/C13H28BrNO2/c1-5-13(6-2,11-14)12-15(7-9-16-3)8-10-17-4/h5-12H2,1-4H3. The van der Waals surface area contributed by atoms with Crippen LogP contribution < -0.4 is 0 Å². The second-order valence-electron chi connectivity index (χ2n) is 4.60. The Labute approximate surface area is 115 Å². The highest BCUT2D eigenvalue weighted by Crippen LogP contribution is 2.29. The van der Waals surface area contributed by atoms with Crippen LogP contribution in [-0.2, 0) is 9.47 Å². The van der Waals surface area contributed by atoms with E-state index in [0.717, 1.165) is 38.2 Å². The predicted molar refractivity (Wildman–Crippen MR) is 77.0 cm³/mol. The number of hydrogen-bond acceptors (Lipinski definition) is 3. The van der Waals surface area contributed by atoms with E-state index in [2.05, 4.69) is 34.7 Å². The molecule has 0 saturated carbocycles. The number of halogens is 1. The molecule has 0 spiro atoms. The molecule has 0 N–H and O–H groups in total. The summed E-state index contributed by atoms with van der Waals surface area (Å²) in [7, 11) is 3.51. The largest absolute Gasteiger partial charge is 0.383 e. The van der Waals surface area contributed by atoms with Crippen molar-refractivity contribution in [3.8, 4) is 0 Å². The number of ether oxygens (including phenoxy) is 2. The first-order valence-electron chi connectivity index (χ1n) is 6.44. The highest BCUT2D eigenvalue weighted by molar-refractivity contribution is 9.09. The third kappa shape index (κ3) is 6.75. The normalized spacial score (nSPS) is 12.4. The monoisotopic (exact) mass is 309 g/mol. The predicted octanol–water partition coefficient (Wildman–Crippen LogP) is 2.78. The molecule has 0 unspecified atom stereocenters. The minimum Gasteiger partial charge on any atom is -0.383 e. The van der Waals surface area contributed by atoms with Crippen LogP contribution in [0.4, 0.5) is 0 Å². The Balaban J connectivity index is 4.34. The number of methoxy groups -OCH3 is 2. The molecule has 0 heterocycles. The summed E-state index contributed by atoms with van der Waals surface area (Å²) >= 11 is 3.67. The van der Waals surface area contributed by atoms with Crippen molar-refractivity contribution in [3.63, 3.8) is 0 Å². The van der Waals surface area contributed by atoms with Crippen molar-refractivity contribution in [1.82, 2.24) is 4.90 Å². The van der Waals surface area contributed by atoms with Crippen LogP contribution in [0.1, 0.15) is 26.7 Å². The van der Waals surface area contributed by atoms with Crippen LogP contribution in [0.3, 0.4) is 0 Å². The van der Waals surface area contributed by atoms with Crippen LogP contribution in [-0.4, -0.2) is 57.3 Å². The van der Waals surface area contributed by atoms with Gasteiger partial charge in [-0.15, -0.1) is 0 Å². The topological polar surface area (TPSA) is 21.7 Å². The Kier molecular flexibility index (Phi) is 10.5. The van der Waals surface area contributed by atoms with Crippen LogP contribution in [0.25, 0.3) is 0 Å². The van der Waals surface area contributed by atoms with Crippen molar-refractivity contribution in [2.75, 3.05) is 52.4 Å². The van der Waals surface area contributed by atoms with Gasteiger partial charge in [0, 0.05) is 39.2 Å². The maximum Gasteiger partial charge on any atom is 0.0589 e. The molecule has 0 saturated heterocycles. The number of rotatable bonds is 11. The van der Waals surface area contributed by atoms with Gasteiger partial charge in [0.1, 0.15) is 0 Å². The lowest BCUT2D eigenvalue weighted by Crippen LogP contribution is -2.41. The van der Waals surface area contributed by atoms with Gasteiger partial charge in [-0.05, 0) is 18.3 Å². The Bertz CT molecular complexity index is 159. The highest BCUT2D eigenvalue weighted by Gasteiger charge is 2.27. The van der Waals surface area contributed by atoms with E-state index in [4.69, 9.17) is 9.47 Å². The van der Waals surface area contributed by atoms with Gasteiger partial charge in [-0.25, -0.2) is 0 Å². The first-order valence-corrected chi connectivity index (χ1v) is 7.56. The summed E-state index contributed by atoms with van der Waals surface area (Å²) in [5, 5.41) is 1.06. The highest BCUT2D eigenvalue weighted by atomic mass is 79.9. The summed E-state index contributed by atoms with van der Waals surface area (Å²) in [6.07, 6.45) is 2.40. The fraction of sp³-hybridized carbons (Fsp3) is 1.00. The maximum atomic E-state index is 5.17. The summed E-state index contributed by atoms with van der Waals surface area (Å²) in [6.45, 7) is 9.19. The van der Waals surface area contributed by atoms with Crippen molar-refractivity contribution < 1.29 is 9.47 Å². The van der Waals surface area contributed by atoms with E-state index in [0.29, 0.717) is 5.41 Å². The van der Waals surface area contributed by atoms with E-state index in [-0.39, 0.29) is 0 Å². The lowest BCUT2D eigenvalue weighted by atomic mass is 9.84. The van der Waals surface area contributed by atoms with Crippen molar-refractivity contribution in [2.45, 2.75) is 26.7 Å². The Morgan fingerprint density at radius 1 is 1.00 bits per heavy atom. The van der Waals surface area contributed by atoms with Crippen LogP contribution in [0.15, 0.2) is 0 Å². The van der Waals surface area contributed by atoms with E-state index in [1.807, 2.05) is 0 Å². The third-order valence-electron chi connectivity index (χ3n) is 3.57. The van der Waals surface area contributed by atoms with E-state index < -0.39 is 0 Å². The molecule has 0 aliphatic heterocycles. The van der Waals surface area contributed by atoms with Gasteiger partial charge in [0.2, 0.25) is 0 Å². The van der Waals surface area contributed by atoms with Crippen molar-refractivity contribution in [1.29, 1.82) is 0 Å². The average Bonchev–Trinajstić information content (AvgIpc) is 2.38. The summed E-state index contributed by atoms with van der Waals surface area (Å²) in [5.41, 5.74) is 0.376. The van der Waals surface area contributed by atoms with Crippen LogP contribution in [0.2, 0.25) is 0 Å². The second kappa shape index (κ2) is 10.3. The molecule has 4 heteroatoms. The molecule has 0 aromatic carbocycles. The van der Waals surface area contributed by atoms with Gasteiger partial charge in [-0.1, -0.05) is 29.8 Å². The molecule has 0 bridgehead atoms. The van der Waals surface area contributed by atoms with Gasteiger partial charge >= 0.3 is 0 Å². The minimum absolute atomic E-state index is 0.376. The molecule has 0 rings (SSSR count). The molecule has 0 fully saturated rings. The smallest absolute Gasteiger partial charge is 0.0589 e. The fourth-order valence-electron chi connectivity index (χ4n) is 1.89. The zero-order valence-corrected chi connectivity index (χ0v) is 13.4. The van der Waals surface area contributed by atoms with Crippen molar-refractivity contribution in [3.05, 3.63) is 0 Å². The third-order valence-corrected chi connectivity index (χ3v) is 4.76. The summed E-state index contributed by atoms with van der Waals surface area (Å²) in [4.78, 5) is 2.45. The van der Waals surface area contributed by atoms with Gasteiger partial charge < -0.3 is 9.47 Å². The molecule has 104 valence electrons. The number of alkyl halides is 1. The summed E-state index contributed by atoms with van der Waals surface area (Å²) < 4.78 is 10.3. The first-order chi connectivity index (χ1) is 8.17. The molecule has 0 radical (unpaired) electrons. The van der Waals surface area contributed by atoms with E-state index in [1.165, 1.54) is 12.8 Å². The molecular formula is C13H28BrNO2. The lowest BCUT2D eigenvalue weighted by Gasteiger charge is -2.36. The van der Waals surface area contributed by atoms with E-state index >= 15 is 0 Å². The zero-order chi connectivity index (χ0) is 13.1. The Morgan fingerprint density at radius 3 is 1.76 bits per heavy atom. The molecule has 0 aromatic heterocycles. The molecular weight excluding hydrogens is 282 g/mol. The minimum atomic E-state index is 0.376. The molecule has 0 aliphatic carbocycles. The molecule has 0 amide bonds. The molecule has 0 aromatic rings. The zero-order valence-electron chi connectivity index (χ0n) is 11.8. The van der Waals surface area contributed by atoms with Gasteiger partial charge in [-0.3, -0.25) is 4.90 Å². The van der Waals surface area contributed by atoms with Crippen molar-refractivity contribution >= 4 is 15.9 Å². The van der Waals surface area contributed by atoms with E-state index in [9.17, 15) is 0 Å². The fourth-order valence-corrected chi connectivity index (χ4v) is 2.86. The van der Waals surface area contributed by atoms with Gasteiger partial charge in [0.25, 0.3) is 0 Å². The van der Waals surface area contributed by atoms with Gasteiger partial charge in [-0.2, -0.15) is 0 Å². The van der Waals surface area contributed by atoms with Crippen LogP contribution in [0, 0.1) is 5.41 Å². The molecule has 0 atom stereocenters. The summed E-state index contributed by atoms with van der Waals surface area (Å²) in [6, 6.07) is 0. The SMILES string of the molecule is CCC(CC)(CBr)CN(CCOC)CCOC. The van der Waals surface area contributed by atoms with Crippen molar-refractivity contribution in [2.24, 2.45) is 5.41 Å². The number of hydrogen-bond donors (Lipinski definition) is 0. The summed E-state index contributed by atoms with van der Waals surface area (Å²) in [5.74, 6) is 0. The average molecular weight is 310 g/mol. The lowest BCUT2D eigenvalue weighted by molar-refractivity contribution is 0.0828. The molecule has 0 aliphatic rings. The van der Waals surface area contributed by atoms with Gasteiger partial charge in [0.15, 0.2) is 0 Å². The van der Waals surface area contributed by atoms with Crippen LogP contribution in [0.5, 0.6) is 0 Å².